The maximum atomic E-state index is 11.3. The lowest BCUT2D eigenvalue weighted by molar-refractivity contribution is -0.117. The molecule has 3 aromatic rings. The standard InChI is InChI=1S/C18H20N6O2/c1-26-16-9-7-14(8-10-16)23(12-11-17(19)25)13-18-20-21-22-24(18)15-5-3-2-4-6-15/h2-10H,11-13H2,1H3,(H2,19,25). The lowest BCUT2D eigenvalue weighted by Crippen LogP contribution is -2.29. The monoisotopic (exact) mass is 352 g/mol. The van der Waals surface area contributed by atoms with Gasteiger partial charge in [0.15, 0.2) is 5.82 Å². The second kappa shape index (κ2) is 8.11. The molecule has 0 spiro atoms. The Morgan fingerprint density at radius 1 is 1.15 bits per heavy atom. The Kier molecular flexibility index (Phi) is 5.43. The summed E-state index contributed by atoms with van der Waals surface area (Å²) < 4.78 is 6.88. The molecule has 1 amide bonds. The number of hydrogen-bond acceptors (Lipinski definition) is 6. The van der Waals surface area contributed by atoms with Crippen molar-refractivity contribution in [2.45, 2.75) is 13.0 Å². The number of methoxy groups -OCH3 is 1. The molecule has 0 radical (unpaired) electrons. The normalized spacial score (nSPS) is 10.5. The van der Waals surface area contributed by atoms with E-state index in [0.29, 0.717) is 18.9 Å². The molecule has 0 bridgehead atoms. The van der Waals surface area contributed by atoms with E-state index in [0.717, 1.165) is 17.1 Å². The van der Waals surface area contributed by atoms with Gasteiger partial charge in [-0.25, -0.2) is 0 Å². The summed E-state index contributed by atoms with van der Waals surface area (Å²) in [4.78, 5) is 13.3. The number of amides is 1. The molecule has 8 nitrogen and oxygen atoms in total. The number of benzene rings is 2. The molecule has 0 fully saturated rings. The van der Waals surface area contributed by atoms with Gasteiger partial charge in [-0.1, -0.05) is 18.2 Å². The van der Waals surface area contributed by atoms with Crippen molar-refractivity contribution in [1.82, 2.24) is 20.2 Å². The van der Waals surface area contributed by atoms with Crippen LogP contribution in [0.2, 0.25) is 0 Å². The Balaban J connectivity index is 1.86. The molecule has 0 aliphatic heterocycles. The molecule has 0 aliphatic carbocycles. The third-order valence-corrected chi connectivity index (χ3v) is 3.93. The Labute approximate surface area is 151 Å². The molecule has 0 atom stereocenters. The topological polar surface area (TPSA) is 99.2 Å². The molecular weight excluding hydrogens is 332 g/mol. The molecule has 0 saturated heterocycles. The maximum absolute atomic E-state index is 11.3. The number of hydrogen-bond donors (Lipinski definition) is 1. The van der Waals surface area contributed by atoms with E-state index in [1.807, 2.05) is 59.5 Å². The summed E-state index contributed by atoms with van der Waals surface area (Å²) in [7, 11) is 1.62. The van der Waals surface area contributed by atoms with Crippen molar-refractivity contribution in [2.75, 3.05) is 18.6 Å². The fraction of sp³-hybridized carbons (Fsp3) is 0.222. The van der Waals surface area contributed by atoms with E-state index in [1.54, 1.807) is 11.8 Å². The molecule has 8 heteroatoms. The minimum atomic E-state index is -0.355. The highest BCUT2D eigenvalue weighted by molar-refractivity contribution is 5.74. The Hall–Kier alpha value is -3.42. The fourth-order valence-electron chi connectivity index (χ4n) is 2.58. The van der Waals surface area contributed by atoms with Crippen molar-refractivity contribution in [3.8, 4) is 11.4 Å². The first-order chi connectivity index (χ1) is 12.7. The third-order valence-electron chi connectivity index (χ3n) is 3.93. The van der Waals surface area contributed by atoms with Crippen molar-refractivity contribution < 1.29 is 9.53 Å². The number of tetrazole rings is 1. The highest BCUT2D eigenvalue weighted by Crippen LogP contribution is 2.21. The Bertz CT molecular complexity index is 848. The molecule has 0 unspecified atom stereocenters. The summed E-state index contributed by atoms with van der Waals surface area (Å²) in [6.07, 6.45) is 0.235. The number of primary amides is 1. The molecule has 3 rings (SSSR count). The molecule has 26 heavy (non-hydrogen) atoms. The summed E-state index contributed by atoms with van der Waals surface area (Å²) in [6, 6.07) is 17.2. The molecular formula is C18H20N6O2. The highest BCUT2D eigenvalue weighted by atomic mass is 16.5. The predicted octanol–water partition coefficient (Wildman–Crippen LogP) is 1.55. The zero-order chi connectivity index (χ0) is 18.4. The number of rotatable bonds is 8. The number of carbonyl (C=O) groups is 1. The quantitative estimate of drug-likeness (QED) is 0.660. The minimum absolute atomic E-state index is 0.235. The van der Waals surface area contributed by atoms with Gasteiger partial charge in [-0.15, -0.1) is 5.10 Å². The van der Waals surface area contributed by atoms with Crippen LogP contribution in [-0.2, 0) is 11.3 Å². The van der Waals surface area contributed by atoms with E-state index in [9.17, 15) is 4.79 Å². The van der Waals surface area contributed by atoms with Crippen LogP contribution >= 0.6 is 0 Å². The average molecular weight is 352 g/mol. The van der Waals surface area contributed by atoms with Crippen LogP contribution in [0.5, 0.6) is 5.75 Å². The fourth-order valence-corrected chi connectivity index (χ4v) is 2.58. The molecule has 2 N–H and O–H groups in total. The van der Waals surface area contributed by atoms with Crippen LogP contribution in [0.15, 0.2) is 54.6 Å². The molecule has 1 heterocycles. The summed E-state index contributed by atoms with van der Waals surface area (Å²) in [5.74, 6) is 1.07. The number of para-hydroxylation sites is 1. The van der Waals surface area contributed by atoms with Crippen LogP contribution < -0.4 is 15.4 Å². The van der Waals surface area contributed by atoms with E-state index in [4.69, 9.17) is 10.5 Å². The highest BCUT2D eigenvalue weighted by Gasteiger charge is 2.15. The van der Waals surface area contributed by atoms with E-state index < -0.39 is 0 Å². The summed E-state index contributed by atoms with van der Waals surface area (Å²) >= 11 is 0. The van der Waals surface area contributed by atoms with Crippen molar-refractivity contribution in [3.63, 3.8) is 0 Å². The molecule has 1 aromatic heterocycles. The zero-order valence-corrected chi connectivity index (χ0v) is 14.4. The van der Waals surface area contributed by atoms with E-state index in [-0.39, 0.29) is 12.3 Å². The van der Waals surface area contributed by atoms with E-state index >= 15 is 0 Å². The number of nitrogens with two attached hydrogens (primary N) is 1. The summed E-state index contributed by atoms with van der Waals surface area (Å²) in [5, 5.41) is 12.0. The second-order valence-electron chi connectivity index (χ2n) is 5.68. The number of anilines is 1. The van der Waals surface area contributed by atoms with Crippen molar-refractivity contribution in [3.05, 3.63) is 60.4 Å². The van der Waals surface area contributed by atoms with E-state index in [2.05, 4.69) is 15.5 Å². The van der Waals surface area contributed by atoms with Crippen molar-refractivity contribution >= 4 is 11.6 Å². The zero-order valence-electron chi connectivity index (χ0n) is 14.4. The van der Waals surface area contributed by atoms with Gasteiger partial charge in [0, 0.05) is 18.7 Å². The smallest absolute Gasteiger partial charge is 0.219 e. The second-order valence-corrected chi connectivity index (χ2v) is 5.68. The summed E-state index contributed by atoms with van der Waals surface area (Å²) in [5.41, 5.74) is 7.13. The average Bonchev–Trinajstić information content (AvgIpc) is 3.14. The van der Waals surface area contributed by atoms with Gasteiger partial charge in [0.2, 0.25) is 5.91 Å². The van der Waals surface area contributed by atoms with Crippen LogP contribution in [-0.4, -0.2) is 39.8 Å². The van der Waals surface area contributed by atoms with Crippen LogP contribution in [0.1, 0.15) is 12.2 Å². The number of ether oxygens (including phenoxy) is 1. The van der Waals surface area contributed by atoms with Gasteiger partial charge in [0.05, 0.1) is 19.3 Å². The van der Waals surface area contributed by atoms with Gasteiger partial charge in [-0.3, -0.25) is 4.79 Å². The predicted molar refractivity (Wildman–Crippen MR) is 97.0 cm³/mol. The first-order valence-electron chi connectivity index (χ1n) is 8.17. The Morgan fingerprint density at radius 3 is 2.54 bits per heavy atom. The lowest BCUT2D eigenvalue weighted by Gasteiger charge is -2.24. The van der Waals surface area contributed by atoms with Gasteiger partial charge in [-0.05, 0) is 46.8 Å². The van der Waals surface area contributed by atoms with Gasteiger partial charge in [0.1, 0.15) is 5.75 Å². The number of carbonyl (C=O) groups excluding carboxylic acids is 1. The maximum Gasteiger partial charge on any atom is 0.219 e. The third kappa shape index (κ3) is 4.15. The lowest BCUT2D eigenvalue weighted by atomic mass is 10.2. The van der Waals surface area contributed by atoms with Gasteiger partial charge < -0.3 is 15.4 Å². The van der Waals surface area contributed by atoms with Gasteiger partial charge in [0.25, 0.3) is 0 Å². The largest absolute Gasteiger partial charge is 0.497 e. The molecule has 0 aliphatic rings. The minimum Gasteiger partial charge on any atom is -0.497 e. The van der Waals surface area contributed by atoms with Gasteiger partial charge in [-0.2, -0.15) is 4.68 Å². The van der Waals surface area contributed by atoms with Crippen LogP contribution in [0.25, 0.3) is 5.69 Å². The summed E-state index contributed by atoms with van der Waals surface area (Å²) in [6.45, 7) is 0.894. The molecule has 134 valence electrons. The molecule has 2 aromatic carbocycles. The van der Waals surface area contributed by atoms with E-state index in [1.165, 1.54) is 0 Å². The number of nitrogens with zero attached hydrogens (tertiary/aromatic N) is 5. The van der Waals surface area contributed by atoms with Crippen LogP contribution in [0.3, 0.4) is 0 Å². The van der Waals surface area contributed by atoms with Gasteiger partial charge >= 0.3 is 0 Å². The molecule has 0 saturated carbocycles. The van der Waals surface area contributed by atoms with Crippen LogP contribution in [0.4, 0.5) is 5.69 Å². The van der Waals surface area contributed by atoms with Crippen molar-refractivity contribution in [2.24, 2.45) is 5.73 Å². The first kappa shape index (κ1) is 17.4. The first-order valence-corrected chi connectivity index (χ1v) is 8.17. The number of aromatic nitrogens is 4. The van der Waals surface area contributed by atoms with Crippen molar-refractivity contribution in [1.29, 1.82) is 0 Å². The Morgan fingerprint density at radius 2 is 1.88 bits per heavy atom. The van der Waals surface area contributed by atoms with Crippen LogP contribution in [0, 0.1) is 0 Å². The SMILES string of the molecule is COc1ccc(N(CCC(N)=O)Cc2nnnn2-c2ccccc2)cc1.